The number of nitrogens with one attached hydrogen (secondary N) is 2. The smallest absolute Gasteiger partial charge is 0.264 e. The molecular formula is C29H35N7O5. The van der Waals surface area contributed by atoms with Crippen LogP contribution in [0.15, 0.2) is 36.5 Å². The number of piperazine rings is 1. The molecule has 0 aliphatic carbocycles. The van der Waals surface area contributed by atoms with Gasteiger partial charge in [-0.1, -0.05) is 18.9 Å². The quantitative estimate of drug-likeness (QED) is 0.290. The van der Waals surface area contributed by atoms with Gasteiger partial charge in [0.15, 0.2) is 0 Å². The third-order valence-electron chi connectivity index (χ3n) is 7.87. The van der Waals surface area contributed by atoms with Crippen molar-refractivity contribution in [2.45, 2.75) is 51.0 Å². The van der Waals surface area contributed by atoms with Gasteiger partial charge in [-0.3, -0.25) is 34.2 Å². The average molecular weight is 562 g/mol. The standard InChI is InChI=1S/C29H35N7O5/c30-23-11-9-19(18-32-23)34-14-16-35(17-15-34)25(38)8-3-1-2-4-13-31-21-7-5-6-20-26(21)29(41)36(28(20)40)22-10-12-24(37)33-27(22)39/h5-7,9,11,18,22,31H,1-4,8,10,12-17H2,(H2,30,32)(H,33,37,39). The van der Waals surface area contributed by atoms with Gasteiger partial charge in [-0.15, -0.1) is 0 Å². The lowest BCUT2D eigenvalue weighted by Crippen LogP contribution is -2.54. The van der Waals surface area contributed by atoms with Crippen molar-refractivity contribution in [1.82, 2.24) is 20.1 Å². The van der Waals surface area contributed by atoms with Gasteiger partial charge in [-0.05, 0) is 43.5 Å². The number of aromatic nitrogens is 1. The Kier molecular flexibility index (Phi) is 8.46. The molecule has 216 valence electrons. The van der Waals surface area contributed by atoms with Gasteiger partial charge in [-0.2, -0.15) is 0 Å². The molecule has 0 radical (unpaired) electrons. The van der Waals surface area contributed by atoms with Crippen LogP contribution in [0.5, 0.6) is 0 Å². The number of amides is 5. The number of carbonyl (C=O) groups is 5. The minimum Gasteiger partial charge on any atom is -0.384 e. The maximum Gasteiger partial charge on any atom is 0.264 e. The molecule has 3 aliphatic rings. The summed E-state index contributed by atoms with van der Waals surface area (Å²) >= 11 is 0. The number of nitrogen functional groups attached to an aromatic ring is 1. The van der Waals surface area contributed by atoms with E-state index in [0.717, 1.165) is 49.4 Å². The number of piperidine rings is 1. The first-order valence-corrected chi connectivity index (χ1v) is 14.2. The fourth-order valence-electron chi connectivity index (χ4n) is 5.60. The molecule has 2 aromatic rings. The Labute approximate surface area is 238 Å². The number of nitrogens with two attached hydrogens (primary N) is 1. The van der Waals surface area contributed by atoms with E-state index in [4.69, 9.17) is 5.73 Å². The van der Waals surface area contributed by atoms with Gasteiger partial charge >= 0.3 is 0 Å². The molecule has 12 nitrogen and oxygen atoms in total. The molecule has 0 spiro atoms. The van der Waals surface area contributed by atoms with Crippen molar-refractivity contribution in [2.75, 3.05) is 48.7 Å². The van der Waals surface area contributed by atoms with Gasteiger partial charge in [0.1, 0.15) is 11.9 Å². The number of hydrogen-bond acceptors (Lipinski definition) is 9. The van der Waals surface area contributed by atoms with Gasteiger partial charge in [0, 0.05) is 51.3 Å². The minimum atomic E-state index is -0.986. The van der Waals surface area contributed by atoms with Gasteiger partial charge in [0.2, 0.25) is 17.7 Å². The number of carbonyl (C=O) groups excluding carboxylic acids is 5. The fraction of sp³-hybridized carbons (Fsp3) is 0.448. The number of anilines is 3. The summed E-state index contributed by atoms with van der Waals surface area (Å²) in [4.78, 5) is 71.9. The SMILES string of the molecule is Nc1ccc(N2CCN(C(=O)CCCCCCNc3cccc4c3C(=O)N(C3CCC(=O)NC3=O)C4=O)CC2)cn1. The van der Waals surface area contributed by atoms with Crippen LogP contribution in [-0.4, -0.2) is 83.1 Å². The zero-order chi connectivity index (χ0) is 28.9. The average Bonchev–Trinajstić information content (AvgIpc) is 3.23. The summed E-state index contributed by atoms with van der Waals surface area (Å²) in [6.07, 6.45) is 5.98. The summed E-state index contributed by atoms with van der Waals surface area (Å²) in [5.74, 6) is -1.39. The van der Waals surface area contributed by atoms with E-state index in [1.54, 1.807) is 30.5 Å². The van der Waals surface area contributed by atoms with Crippen LogP contribution in [0.2, 0.25) is 0 Å². The summed E-state index contributed by atoms with van der Waals surface area (Å²) < 4.78 is 0. The molecule has 3 aliphatic heterocycles. The van der Waals surface area contributed by atoms with Crippen LogP contribution in [0.25, 0.3) is 0 Å². The maximum absolute atomic E-state index is 13.2. The normalized spacial score (nSPS) is 18.9. The molecule has 1 aromatic heterocycles. The molecular weight excluding hydrogens is 526 g/mol. The summed E-state index contributed by atoms with van der Waals surface area (Å²) in [5.41, 5.74) is 7.76. The number of rotatable bonds is 10. The van der Waals surface area contributed by atoms with Crippen molar-refractivity contribution in [3.05, 3.63) is 47.7 Å². The van der Waals surface area contributed by atoms with Crippen LogP contribution < -0.4 is 21.3 Å². The second kappa shape index (κ2) is 12.4. The van der Waals surface area contributed by atoms with E-state index in [1.165, 1.54) is 0 Å². The number of nitrogens with zero attached hydrogens (tertiary/aromatic N) is 4. The van der Waals surface area contributed by atoms with E-state index >= 15 is 0 Å². The Morgan fingerprint density at radius 2 is 1.76 bits per heavy atom. The Bertz CT molecular complexity index is 1340. The third-order valence-corrected chi connectivity index (χ3v) is 7.87. The first kappa shape index (κ1) is 28.1. The van der Waals surface area contributed by atoms with Gasteiger partial charge < -0.3 is 20.9 Å². The summed E-state index contributed by atoms with van der Waals surface area (Å²) in [5, 5.41) is 5.48. The van der Waals surface area contributed by atoms with E-state index in [1.807, 2.05) is 11.0 Å². The zero-order valence-electron chi connectivity index (χ0n) is 22.9. The van der Waals surface area contributed by atoms with Gasteiger partial charge in [-0.25, -0.2) is 4.98 Å². The Morgan fingerprint density at radius 1 is 0.976 bits per heavy atom. The molecule has 1 unspecified atom stereocenters. The lowest BCUT2D eigenvalue weighted by molar-refractivity contribution is -0.136. The molecule has 1 aromatic carbocycles. The van der Waals surface area contributed by atoms with Gasteiger partial charge in [0.05, 0.1) is 23.0 Å². The molecule has 5 rings (SSSR count). The van der Waals surface area contributed by atoms with Crippen molar-refractivity contribution in [3.8, 4) is 0 Å². The predicted molar refractivity (Wildman–Crippen MR) is 152 cm³/mol. The van der Waals surface area contributed by atoms with E-state index in [-0.39, 0.29) is 29.9 Å². The first-order valence-electron chi connectivity index (χ1n) is 14.2. The molecule has 5 amide bonds. The van der Waals surface area contributed by atoms with Crippen LogP contribution in [-0.2, 0) is 14.4 Å². The molecule has 0 bridgehead atoms. The van der Waals surface area contributed by atoms with E-state index in [0.29, 0.717) is 37.6 Å². The Morgan fingerprint density at radius 3 is 2.49 bits per heavy atom. The molecule has 41 heavy (non-hydrogen) atoms. The number of unbranched alkanes of at least 4 members (excludes halogenated alkanes) is 3. The van der Waals surface area contributed by atoms with E-state index < -0.39 is 29.7 Å². The fourth-order valence-corrected chi connectivity index (χ4v) is 5.60. The summed E-state index contributed by atoms with van der Waals surface area (Å²) in [7, 11) is 0. The van der Waals surface area contributed by atoms with Crippen molar-refractivity contribution in [3.63, 3.8) is 0 Å². The van der Waals surface area contributed by atoms with Crippen molar-refractivity contribution < 1.29 is 24.0 Å². The largest absolute Gasteiger partial charge is 0.384 e. The molecule has 2 saturated heterocycles. The van der Waals surface area contributed by atoms with Crippen LogP contribution in [0.3, 0.4) is 0 Å². The summed E-state index contributed by atoms with van der Waals surface area (Å²) in [6, 6.07) is 7.79. The highest BCUT2D eigenvalue weighted by atomic mass is 16.2. The molecule has 2 fully saturated rings. The van der Waals surface area contributed by atoms with Crippen LogP contribution in [0, 0.1) is 0 Å². The highest BCUT2D eigenvalue weighted by molar-refractivity contribution is 6.25. The molecule has 12 heteroatoms. The zero-order valence-corrected chi connectivity index (χ0v) is 22.9. The van der Waals surface area contributed by atoms with Crippen LogP contribution in [0.4, 0.5) is 17.2 Å². The number of fused-ring (bicyclic) bond motifs is 1. The Balaban J connectivity index is 1.02. The molecule has 4 heterocycles. The monoisotopic (exact) mass is 561 g/mol. The van der Waals surface area contributed by atoms with E-state index in [2.05, 4.69) is 20.5 Å². The summed E-state index contributed by atoms with van der Waals surface area (Å²) in [6.45, 7) is 3.52. The third kappa shape index (κ3) is 6.16. The molecule has 4 N–H and O–H groups in total. The number of imide groups is 2. The number of pyridine rings is 1. The van der Waals surface area contributed by atoms with Crippen LogP contribution >= 0.6 is 0 Å². The van der Waals surface area contributed by atoms with E-state index in [9.17, 15) is 24.0 Å². The second-order valence-electron chi connectivity index (χ2n) is 10.6. The second-order valence-corrected chi connectivity index (χ2v) is 10.6. The lowest BCUT2D eigenvalue weighted by Gasteiger charge is -2.36. The molecule has 0 saturated carbocycles. The number of hydrogen-bond donors (Lipinski definition) is 3. The van der Waals surface area contributed by atoms with Crippen LogP contribution in [0.1, 0.15) is 65.7 Å². The van der Waals surface area contributed by atoms with Crippen molar-refractivity contribution in [2.24, 2.45) is 0 Å². The predicted octanol–water partition coefficient (Wildman–Crippen LogP) is 1.78. The topological polar surface area (TPSA) is 158 Å². The number of benzene rings is 1. The minimum absolute atomic E-state index is 0.0829. The highest BCUT2D eigenvalue weighted by Crippen LogP contribution is 2.32. The Hall–Kier alpha value is -4.48. The van der Waals surface area contributed by atoms with Crippen molar-refractivity contribution >= 4 is 46.7 Å². The van der Waals surface area contributed by atoms with Crippen molar-refractivity contribution in [1.29, 1.82) is 0 Å². The van der Waals surface area contributed by atoms with Gasteiger partial charge in [0.25, 0.3) is 11.8 Å². The first-order chi connectivity index (χ1) is 19.8. The highest BCUT2D eigenvalue weighted by Gasteiger charge is 2.45. The maximum atomic E-state index is 13.2. The lowest BCUT2D eigenvalue weighted by atomic mass is 10.0. The molecule has 1 atom stereocenters.